The number of fused-ring (bicyclic) bond motifs is 1. The lowest BCUT2D eigenvalue weighted by molar-refractivity contribution is 0.113. The molecule has 3 atom stereocenters. The summed E-state index contributed by atoms with van der Waals surface area (Å²) in [5.74, 6) is 0.222. The van der Waals surface area contributed by atoms with Gasteiger partial charge in [-0.3, -0.25) is 14.5 Å². The summed E-state index contributed by atoms with van der Waals surface area (Å²) >= 11 is 0. The third kappa shape index (κ3) is 4.63. The van der Waals surface area contributed by atoms with Crippen LogP contribution in [0.2, 0.25) is 0 Å². The van der Waals surface area contributed by atoms with E-state index in [2.05, 4.69) is 39.7 Å². The van der Waals surface area contributed by atoms with Crippen LogP contribution < -0.4 is 10.6 Å². The van der Waals surface area contributed by atoms with Crippen LogP contribution in [0.4, 0.5) is 10.2 Å². The van der Waals surface area contributed by atoms with E-state index in [1.165, 1.54) is 16.7 Å². The van der Waals surface area contributed by atoms with E-state index in [9.17, 15) is 14.4 Å². The molecule has 9 heteroatoms. The first-order chi connectivity index (χ1) is 18.3. The SMILES string of the molecule is CC[C@@H]1CN(c2nc(=O)n(C)c3ccc(C#N)nc23)[C@@H](C)CN1C(c1ccc(F)cc1)c1ccc(C)cn1. The molecule has 0 radical (unpaired) electrons. The maximum atomic E-state index is 13.8. The van der Waals surface area contributed by atoms with Gasteiger partial charge in [-0.25, -0.2) is 14.2 Å². The molecule has 0 N–H and O–H groups in total. The van der Waals surface area contributed by atoms with E-state index in [1.807, 2.05) is 37.4 Å². The van der Waals surface area contributed by atoms with Crippen LogP contribution >= 0.6 is 0 Å². The number of halogens is 1. The van der Waals surface area contributed by atoms with Gasteiger partial charge in [-0.1, -0.05) is 25.1 Å². The van der Waals surface area contributed by atoms with Gasteiger partial charge in [-0.2, -0.15) is 10.2 Å². The number of nitrogens with zero attached hydrogens (tertiary/aromatic N) is 7. The molecule has 1 unspecified atom stereocenters. The number of nitriles is 1. The standard InChI is InChI=1S/C29H30FN7O/c1-5-23-17-36(28-26-25(35(4)29(38)34-28)13-11-22(14-31)33-26)19(3)16-37(23)27(20-7-9-21(30)10-8-20)24-12-6-18(2)15-32-24/h6-13,15,19,23,27H,5,16-17H2,1-4H3/t19-,23+,27?/m0/s1. The monoisotopic (exact) mass is 511 g/mol. The van der Waals surface area contributed by atoms with Gasteiger partial charge in [0.05, 0.1) is 17.3 Å². The van der Waals surface area contributed by atoms with Crippen LogP contribution in [0.1, 0.15) is 48.8 Å². The molecular formula is C29H30FN7O. The Morgan fingerprint density at radius 1 is 1.11 bits per heavy atom. The van der Waals surface area contributed by atoms with Gasteiger partial charge in [0.2, 0.25) is 0 Å². The van der Waals surface area contributed by atoms with Gasteiger partial charge < -0.3 is 4.90 Å². The highest BCUT2D eigenvalue weighted by Gasteiger charge is 2.38. The molecule has 0 bridgehead atoms. The van der Waals surface area contributed by atoms with Gasteiger partial charge in [0.25, 0.3) is 0 Å². The Kier molecular flexibility index (Phi) is 6.91. The Labute approximate surface area is 221 Å². The average molecular weight is 512 g/mol. The molecule has 1 aliphatic heterocycles. The van der Waals surface area contributed by atoms with Gasteiger partial charge in [-0.15, -0.1) is 0 Å². The van der Waals surface area contributed by atoms with Crippen molar-refractivity contribution in [3.05, 3.63) is 93.5 Å². The minimum Gasteiger partial charge on any atom is -0.349 e. The van der Waals surface area contributed by atoms with E-state index in [0.29, 0.717) is 29.9 Å². The van der Waals surface area contributed by atoms with Crippen molar-refractivity contribution in [3.8, 4) is 6.07 Å². The van der Waals surface area contributed by atoms with Gasteiger partial charge in [0, 0.05) is 38.4 Å². The molecule has 1 saturated heterocycles. The van der Waals surface area contributed by atoms with E-state index in [-0.39, 0.29) is 35.3 Å². The van der Waals surface area contributed by atoms with Crippen molar-refractivity contribution in [3.63, 3.8) is 0 Å². The quantitative estimate of drug-likeness (QED) is 0.398. The summed E-state index contributed by atoms with van der Waals surface area (Å²) in [4.78, 5) is 31.1. The normalized spacial score (nSPS) is 18.9. The number of piperazine rings is 1. The fourth-order valence-electron chi connectivity index (χ4n) is 5.33. The van der Waals surface area contributed by atoms with Crippen LogP contribution in [0.5, 0.6) is 0 Å². The number of aryl methyl sites for hydroxylation is 2. The molecular weight excluding hydrogens is 481 g/mol. The molecule has 38 heavy (non-hydrogen) atoms. The van der Waals surface area contributed by atoms with Crippen LogP contribution in [0, 0.1) is 24.1 Å². The predicted octanol–water partition coefficient (Wildman–Crippen LogP) is 4.12. The second kappa shape index (κ2) is 10.3. The molecule has 8 nitrogen and oxygen atoms in total. The van der Waals surface area contributed by atoms with Gasteiger partial charge in [0.15, 0.2) is 5.82 Å². The molecule has 3 aromatic heterocycles. The molecule has 1 aliphatic rings. The molecule has 0 amide bonds. The van der Waals surface area contributed by atoms with Crippen LogP contribution in [0.3, 0.4) is 0 Å². The van der Waals surface area contributed by atoms with E-state index >= 15 is 0 Å². The summed E-state index contributed by atoms with van der Waals surface area (Å²) in [5.41, 5.74) is 4.03. The minimum atomic E-state index is -0.366. The highest BCUT2D eigenvalue weighted by molar-refractivity contribution is 5.86. The van der Waals surface area contributed by atoms with Crippen LogP contribution in [-0.4, -0.2) is 49.6 Å². The van der Waals surface area contributed by atoms with E-state index in [1.54, 1.807) is 19.2 Å². The van der Waals surface area contributed by atoms with Crippen molar-refractivity contribution in [1.29, 1.82) is 5.26 Å². The Bertz CT molecular complexity index is 1510. The number of rotatable bonds is 5. The summed E-state index contributed by atoms with van der Waals surface area (Å²) in [6.07, 6.45) is 2.70. The van der Waals surface area contributed by atoms with E-state index in [0.717, 1.165) is 23.2 Å². The molecule has 4 heterocycles. The number of benzene rings is 1. The number of hydrogen-bond acceptors (Lipinski definition) is 7. The second-order valence-corrected chi connectivity index (χ2v) is 9.93. The molecule has 0 aliphatic carbocycles. The summed E-state index contributed by atoms with van der Waals surface area (Å²) in [5, 5.41) is 9.45. The van der Waals surface area contributed by atoms with Crippen molar-refractivity contribution in [2.24, 2.45) is 7.05 Å². The zero-order valence-corrected chi connectivity index (χ0v) is 22.0. The predicted molar refractivity (Wildman–Crippen MR) is 144 cm³/mol. The highest BCUT2D eigenvalue weighted by atomic mass is 19.1. The maximum Gasteiger partial charge on any atom is 0.349 e. The van der Waals surface area contributed by atoms with Crippen molar-refractivity contribution >= 4 is 16.9 Å². The summed E-state index contributed by atoms with van der Waals surface area (Å²) in [6.45, 7) is 7.51. The fourth-order valence-corrected chi connectivity index (χ4v) is 5.33. The molecule has 0 spiro atoms. The summed E-state index contributed by atoms with van der Waals surface area (Å²) in [6, 6.07) is 16.1. The van der Waals surface area contributed by atoms with Gasteiger partial charge in [0.1, 0.15) is 23.1 Å². The first-order valence-electron chi connectivity index (χ1n) is 12.8. The molecule has 1 aromatic carbocycles. The lowest BCUT2D eigenvalue weighted by Gasteiger charge is -2.48. The Morgan fingerprint density at radius 2 is 1.87 bits per heavy atom. The average Bonchev–Trinajstić information content (AvgIpc) is 2.93. The molecule has 4 aromatic rings. The highest BCUT2D eigenvalue weighted by Crippen LogP contribution is 2.35. The number of hydrogen-bond donors (Lipinski definition) is 0. The first-order valence-corrected chi connectivity index (χ1v) is 12.8. The molecule has 5 rings (SSSR count). The minimum absolute atomic E-state index is 0.0263. The number of anilines is 1. The lowest BCUT2D eigenvalue weighted by atomic mass is 9.95. The maximum absolute atomic E-state index is 13.8. The van der Waals surface area contributed by atoms with Crippen molar-refractivity contribution in [2.45, 2.75) is 45.3 Å². The fraction of sp³-hybridized carbons (Fsp3) is 0.345. The third-order valence-electron chi connectivity index (χ3n) is 7.41. The number of aromatic nitrogens is 4. The third-order valence-corrected chi connectivity index (χ3v) is 7.41. The van der Waals surface area contributed by atoms with E-state index in [4.69, 9.17) is 4.98 Å². The topological polar surface area (TPSA) is 90.9 Å². The summed E-state index contributed by atoms with van der Waals surface area (Å²) < 4.78 is 15.3. The Balaban J connectivity index is 1.58. The van der Waals surface area contributed by atoms with Crippen molar-refractivity contribution in [1.82, 2.24) is 24.4 Å². The van der Waals surface area contributed by atoms with Crippen molar-refractivity contribution in [2.75, 3.05) is 18.0 Å². The zero-order valence-electron chi connectivity index (χ0n) is 22.0. The number of pyridine rings is 2. The van der Waals surface area contributed by atoms with E-state index < -0.39 is 0 Å². The smallest absolute Gasteiger partial charge is 0.349 e. The first kappa shape index (κ1) is 25.5. The Hall–Kier alpha value is -4.16. The Morgan fingerprint density at radius 3 is 2.53 bits per heavy atom. The van der Waals surface area contributed by atoms with Crippen LogP contribution in [0.25, 0.3) is 11.0 Å². The second-order valence-electron chi connectivity index (χ2n) is 9.93. The van der Waals surface area contributed by atoms with Gasteiger partial charge in [-0.05, 0) is 61.7 Å². The lowest BCUT2D eigenvalue weighted by Crippen LogP contribution is -2.58. The summed E-state index contributed by atoms with van der Waals surface area (Å²) in [7, 11) is 1.66. The van der Waals surface area contributed by atoms with Crippen LogP contribution in [-0.2, 0) is 7.05 Å². The largest absolute Gasteiger partial charge is 0.349 e. The molecule has 1 fully saturated rings. The molecule has 0 saturated carbocycles. The van der Waals surface area contributed by atoms with Gasteiger partial charge >= 0.3 is 5.69 Å². The molecule has 194 valence electrons. The zero-order chi connectivity index (χ0) is 27.0. The van der Waals surface area contributed by atoms with Crippen LogP contribution in [0.15, 0.2) is 59.5 Å². The van der Waals surface area contributed by atoms with Crippen molar-refractivity contribution < 1.29 is 4.39 Å².